The van der Waals surface area contributed by atoms with Gasteiger partial charge in [0.1, 0.15) is 12.4 Å². The zero-order valence-electron chi connectivity index (χ0n) is 17.4. The standard InChI is InChI=1S/C24H26N4O3/c1-2-16-31-19-9-7-8-18(17-19)25-22(29)12-15-28-21-11-4-3-10-20(21)26-23(24(28)30)27-13-5-6-14-27/h2-4,7-11,17H,1,5-6,12-16H2,(H,25,29). The highest BCUT2D eigenvalue weighted by atomic mass is 16.5. The summed E-state index contributed by atoms with van der Waals surface area (Å²) >= 11 is 0. The van der Waals surface area contributed by atoms with Gasteiger partial charge in [0.25, 0.3) is 5.56 Å². The fraction of sp³-hybridized carbons (Fsp3) is 0.292. The number of hydrogen-bond acceptors (Lipinski definition) is 5. The second-order valence-corrected chi connectivity index (χ2v) is 7.50. The van der Waals surface area contributed by atoms with Crippen LogP contribution in [0, 0.1) is 0 Å². The zero-order valence-corrected chi connectivity index (χ0v) is 17.4. The molecule has 0 spiro atoms. The molecule has 0 radical (unpaired) electrons. The second kappa shape index (κ2) is 9.47. The molecule has 0 bridgehead atoms. The summed E-state index contributed by atoms with van der Waals surface area (Å²) < 4.78 is 7.17. The Morgan fingerprint density at radius 1 is 1.16 bits per heavy atom. The van der Waals surface area contributed by atoms with Gasteiger partial charge in [0.05, 0.1) is 11.0 Å². The molecule has 1 fully saturated rings. The molecule has 2 aromatic carbocycles. The van der Waals surface area contributed by atoms with Crippen LogP contribution < -0.4 is 20.5 Å². The van der Waals surface area contributed by atoms with Crippen LogP contribution in [0.15, 0.2) is 66.0 Å². The maximum atomic E-state index is 13.2. The van der Waals surface area contributed by atoms with Gasteiger partial charge in [0.2, 0.25) is 5.91 Å². The van der Waals surface area contributed by atoms with E-state index in [-0.39, 0.29) is 24.4 Å². The van der Waals surface area contributed by atoms with Crippen LogP contribution in [0.25, 0.3) is 11.0 Å². The predicted octanol–water partition coefficient (Wildman–Crippen LogP) is 3.59. The summed E-state index contributed by atoms with van der Waals surface area (Å²) in [7, 11) is 0. The molecule has 1 aromatic heterocycles. The molecule has 2 heterocycles. The number of anilines is 2. The summed E-state index contributed by atoms with van der Waals surface area (Å²) in [5.41, 5.74) is 2.00. The number of aromatic nitrogens is 2. The molecule has 1 saturated heterocycles. The lowest BCUT2D eigenvalue weighted by Crippen LogP contribution is -2.32. The third kappa shape index (κ3) is 4.77. The Bertz CT molecular complexity index is 1150. The minimum Gasteiger partial charge on any atom is -0.489 e. The molecule has 1 amide bonds. The summed E-state index contributed by atoms with van der Waals surface area (Å²) in [5, 5.41) is 2.88. The van der Waals surface area contributed by atoms with E-state index in [2.05, 4.69) is 16.9 Å². The van der Waals surface area contributed by atoms with E-state index in [0.29, 0.717) is 23.9 Å². The van der Waals surface area contributed by atoms with Crippen LogP contribution in [0.2, 0.25) is 0 Å². The minimum absolute atomic E-state index is 0.145. The first-order valence-corrected chi connectivity index (χ1v) is 10.5. The molecule has 7 heteroatoms. The number of para-hydroxylation sites is 2. The van der Waals surface area contributed by atoms with E-state index < -0.39 is 0 Å². The van der Waals surface area contributed by atoms with Crippen molar-refractivity contribution in [3.05, 3.63) is 71.5 Å². The first-order valence-electron chi connectivity index (χ1n) is 10.5. The maximum Gasteiger partial charge on any atom is 0.294 e. The fourth-order valence-corrected chi connectivity index (χ4v) is 3.79. The van der Waals surface area contributed by atoms with Gasteiger partial charge >= 0.3 is 0 Å². The third-order valence-electron chi connectivity index (χ3n) is 5.29. The van der Waals surface area contributed by atoms with Crippen molar-refractivity contribution in [3.63, 3.8) is 0 Å². The quantitative estimate of drug-likeness (QED) is 0.566. The van der Waals surface area contributed by atoms with Crippen LogP contribution in [0.1, 0.15) is 19.3 Å². The Balaban J connectivity index is 1.52. The number of benzene rings is 2. The lowest BCUT2D eigenvalue weighted by molar-refractivity contribution is -0.116. The van der Waals surface area contributed by atoms with Crippen molar-refractivity contribution < 1.29 is 9.53 Å². The van der Waals surface area contributed by atoms with E-state index >= 15 is 0 Å². The number of fused-ring (bicyclic) bond motifs is 1. The van der Waals surface area contributed by atoms with E-state index in [1.165, 1.54) is 0 Å². The number of rotatable bonds is 8. The fourth-order valence-electron chi connectivity index (χ4n) is 3.79. The Labute approximate surface area is 181 Å². The van der Waals surface area contributed by atoms with Crippen LogP contribution in [-0.2, 0) is 11.3 Å². The van der Waals surface area contributed by atoms with E-state index in [1.807, 2.05) is 41.3 Å². The predicted molar refractivity (Wildman–Crippen MR) is 123 cm³/mol. The number of aryl methyl sites for hydroxylation is 1. The van der Waals surface area contributed by atoms with Crippen molar-refractivity contribution in [2.75, 3.05) is 29.9 Å². The number of carbonyl (C=O) groups is 1. The lowest BCUT2D eigenvalue weighted by atomic mass is 10.2. The topological polar surface area (TPSA) is 76.5 Å². The average molecular weight is 418 g/mol. The normalized spacial score (nSPS) is 13.4. The maximum absolute atomic E-state index is 13.2. The molecule has 4 rings (SSSR count). The molecule has 1 N–H and O–H groups in total. The summed E-state index contributed by atoms with van der Waals surface area (Å²) in [6, 6.07) is 14.8. The summed E-state index contributed by atoms with van der Waals surface area (Å²) in [4.78, 5) is 32.4. The monoisotopic (exact) mass is 418 g/mol. The second-order valence-electron chi connectivity index (χ2n) is 7.50. The van der Waals surface area contributed by atoms with Crippen molar-refractivity contribution in [2.45, 2.75) is 25.8 Å². The van der Waals surface area contributed by atoms with Gasteiger partial charge < -0.3 is 19.5 Å². The highest BCUT2D eigenvalue weighted by Gasteiger charge is 2.20. The van der Waals surface area contributed by atoms with Gasteiger partial charge in [-0.2, -0.15) is 0 Å². The van der Waals surface area contributed by atoms with Crippen LogP contribution in [-0.4, -0.2) is 35.2 Å². The number of nitrogens with one attached hydrogen (secondary N) is 1. The molecule has 160 valence electrons. The van der Waals surface area contributed by atoms with Gasteiger partial charge in [0, 0.05) is 37.8 Å². The van der Waals surface area contributed by atoms with Gasteiger partial charge in [-0.3, -0.25) is 9.59 Å². The molecule has 31 heavy (non-hydrogen) atoms. The van der Waals surface area contributed by atoms with Crippen molar-refractivity contribution in [1.82, 2.24) is 9.55 Å². The van der Waals surface area contributed by atoms with Gasteiger partial charge in [-0.15, -0.1) is 0 Å². The first kappa shape index (κ1) is 20.7. The molecule has 7 nitrogen and oxygen atoms in total. The van der Waals surface area contributed by atoms with E-state index in [1.54, 1.807) is 22.8 Å². The third-order valence-corrected chi connectivity index (χ3v) is 5.29. The first-order chi connectivity index (χ1) is 15.2. The molecule has 0 atom stereocenters. The Hall–Kier alpha value is -3.61. The average Bonchev–Trinajstić information content (AvgIpc) is 3.31. The van der Waals surface area contributed by atoms with Crippen molar-refractivity contribution in [2.24, 2.45) is 0 Å². The van der Waals surface area contributed by atoms with Crippen molar-refractivity contribution >= 4 is 28.4 Å². The van der Waals surface area contributed by atoms with Crippen LogP contribution in [0.3, 0.4) is 0 Å². The smallest absolute Gasteiger partial charge is 0.294 e. The van der Waals surface area contributed by atoms with Gasteiger partial charge in [-0.25, -0.2) is 4.98 Å². The highest BCUT2D eigenvalue weighted by Crippen LogP contribution is 2.20. The van der Waals surface area contributed by atoms with Gasteiger partial charge in [-0.1, -0.05) is 30.9 Å². The number of amides is 1. The molecule has 1 aliphatic heterocycles. The van der Waals surface area contributed by atoms with Crippen LogP contribution in [0.4, 0.5) is 11.5 Å². The Kier molecular flexibility index (Phi) is 6.31. The van der Waals surface area contributed by atoms with Crippen molar-refractivity contribution in [3.8, 4) is 5.75 Å². The Morgan fingerprint density at radius 2 is 1.97 bits per heavy atom. The van der Waals surface area contributed by atoms with Crippen LogP contribution >= 0.6 is 0 Å². The largest absolute Gasteiger partial charge is 0.489 e. The van der Waals surface area contributed by atoms with Crippen molar-refractivity contribution in [1.29, 1.82) is 0 Å². The molecule has 0 aliphatic carbocycles. The lowest BCUT2D eigenvalue weighted by Gasteiger charge is -2.19. The number of hydrogen-bond donors (Lipinski definition) is 1. The molecular formula is C24H26N4O3. The van der Waals surface area contributed by atoms with E-state index in [0.717, 1.165) is 37.0 Å². The van der Waals surface area contributed by atoms with Crippen LogP contribution in [0.5, 0.6) is 5.75 Å². The summed E-state index contributed by atoms with van der Waals surface area (Å²) in [6.45, 7) is 5.98. The SMILES string of the molecule is C=CCOc1cccc(NC(=O)CCn2c(=O)c(N3CCCC3)nc3ccccc32)c1. The number of carbonyl (C=O) groups excluding carboxylic acids is 1. The molecular weight excluding hydrogens is 392 g/mol. The highest BCUT2D eigenvalue weighted by molar-refractivity contribution is 5.91. The molecule has 0 unspecified atom stereocenters. The van der Waals surface area contributed by atoms with E-state index in [9.17, 15) is 9.59 Å². The summed E-state index contributed by atoms with van der Waals surface area (Å²) in [6.07, 6.45) is 3.96. The molecule has 3 aromatic rings. The zero-order chi connectivity index (χ0) is 21.6. The number of ether oxygens (including phenoxy) is 1. The summed E-state index contributed by atoms with van der Waals surface area (Å²) in [5.74, 6) is 0.962. The van der Waals surface area contributed by atoms with E-state index in [4.69, 9.17) is 4.74 Å². The molecule has 0 saturated carbocycles. The van der Waals surface area contributed by atoms with Gasteiger partial charge in [-0.05, 0) is 37.1 Å². The van der Waals surface area contributed by atoms with Gasteiger partial charge in [0.15, 0.2) is 5.82 Å². The number of nitrogens with zero attached hydrogens (tertiary/aromatic N) is 3. The molecule has 1 aliphatic rings. The minimum atomic E-state index is -0.170. The Morgan fingerprint density at radius 3 is 2.77 bits per heavy atom.